The fraction of sp³-hybridized carbons (Fsp3) is 0.462. The molecule has 0 atom stereocenters. The molecule has 0 unspecified atom stereocenters. The molecular weight excluding hydrogens is 248 g/mol. The van der Waals surface area contributed by atoms with Crippen LogP contribution in [0.25, 0.3) is 0 Å². The van der Waals surface area contributed by atoms with Crippen molar-refractivity contribution in [2.24, 2.45) is 0 Å². The van der Waals surface area contributed by atoms with Crippen molar-refractivity contribution in [2.75, 3.05) is 33.9 Å². The molecule has 0 aromatic heterocycles. The molecule has 1 aromatic carbocycles. The molecule has 0 bridgehead atoms. The Morgan fingerprint density at radius 1 is 1.37 bits per heavy atom. The minimum Gasteiger partial charge on any atom is -0.385 e. The van der Waals surface area contributed by atoms with Gasteiger partial charge in [-0.3, -0.25) is 19.8 Å². The van der Waals surface area contributed by atoms with Gasteiger partial charge in [0.2, 0.25) is 0 Å². The molecule has 6 nitrogen and oxygen atoms in total. The molecule has 0 aliphatic heterocycles. The first-order valence-corrected chi connectivity index (χ1v) is 5.99. The van der Waals surface area contributed by atoms with E-state index in [0.29, 0.717) is 18.7 Å². The highest BCUT2D eigenvalue weighted by Gasteiger charge is 2.11. The van der Waals surface area contributed by atoms with Crippen LogP contribution in [0.1, 0.15) is 16.8 Å². The number of hydrogen-bond acceptors (Lipinski definition) is 5. The number of benzene rings is 1. The van der Waals surface area contributed by atoms with Gasteiger partial charge in [-0.1, -0.05) is 0 Å². The molecule has 0 radical (unpaired) electrons. The molecule has 0 saturated carbocycles. The van der Waals surface area contributed by atoms with E-state index < -0.39 is 4.92 Å². The van der Waals surface area contributed by atoms with Crippen molar-refractivity contribution in [3.05, 3.63) is 39.9 Å². The van der Waals surface area contributed by atoms with Crippen LogP contribution in [-0.2, 0) is 4.74 Å². The van der Waals surface area contributed by atoms with E-state index in [4.69, 9.17) is 4.74 Å². The van der Waals surface area contributed by atoms with Crippen LogP contribution in [0.15, 0.2) is 24.3 Å². The average molecular weight is 266 g/mol. The summed E-state index contributed by atoms with van der Waals surface area (Å²) in [6, 6.07) is 5.67. The second-order valence-electron chi connectivity index (χ2n) is 4.31. The van der Waals surface area contributed by atoms with Crippen LogP contribution in [0.3, 0.4) is 0 Å². The molecule has 6 heteroatoms. The molecule has 0 saturated heterocycles. The number of likely N-dealkylation sites (N-methyl/N-ethyl adjacent to an activating group) is 1. The number of non-ortho nitro benzene ring substituents is 1. The smallest absolute Gasteiger partial charge is 0.269 e. The van der Waals surface area contributed by atoms with Gasteiger partial charge >= 0.3 is 0 Å². The lowest BCUT2D eigenvalue weighted by atomic mass is 10.1. The number of rotatable bonds is 8. The molecule has 0 amide bonds. The lowest BCUT2D eigenvalue weighted by molar-refractivity contribution is -0.384. The largest absolute Gasteiger partial charge is 0.385 e. The van der Waals surface area contributed by atoms with Gasteiger partial charge in [0.15, 0.2) is 5.78 Å². The summed E-state index contributed by atoms with van der Waals surface area (Å²) in [5, 5.41) is 10.5. The van der Waals surface area contributed by atoms with E-state index in [1.807, 2.05) is 11.9 Å². The molecule has 0 aliphatic carbocycles. The average Bonchev–Trinajstić information content (AvgIpc) is 2.39. The van der Waals surface area contributed by atoms with Crippen LogP contribution in [0.5, 0.6) is 0 Å². The number of methoxy groups -OCH3 is 1. The van der Waals surface area contributed by atoms with Gasteiger partial charge in [-0.2, -0.15) is 0 Å². The number of hydrogen-bond donors (Lipinski definition) is 0. The number of Topliss-reactive ketones (excluding diaryl/α,β-unsaturated/α-hetero) is 1. The summed E-state index contributed by atoms with van der Waals surface area (Å²) in [5.74, 6) is -0.0465. The van der Waals surface area contributed by atoms with Gasteiger partial charge < -0.3 is 4.74 Å². The summed E-state index contributed by atoms with van der Waals surface area (Å²) in [6.45, 7) is 1.73. The van der Waals surface area contributed by atoms with E-state index >= 15 is 0 Å². The van der Waals surface area contributed by atoms with Gasteiger partial charge in [-0.25, -0.2) is 0 Å². The third-order valence-electron chi connectivity index (χ3n) is 2.70. The molecule has 0 N–H and O–H groups in total. The van der Waals surface area contributed by atoms with Gasteiger partial charge in [0.25, 0.3) is 5.69 Å². The summed E-state index contributed by atoms with van der Waals surface area (Å²) in [7, 11) is 3.50. The monoisotopic (exact) mass is 266 g/mol. The van der Waals surface area contributed by atoms with Crippen molar-refractivity contribution < 1.29 is 14.5 Å². The van der Waals surface area contributed by atoms with Crippen LogP contribution < -0.4 is 0 Å². The first-order valence-electron chi connectivity index (χ1n) is 5.99. The van der Waals surface area contributed by atoms with Crippen molar-refractivity contribution in [1.82, 2.24) is 4.90 Å². The molecule has 19 heavy (non-hydrogen) atoms. The maximum atomic E-state index is 11.9. The fourth-order valence-electron chi connectivity index (χ4n) is 1.66. The maximum absolute atomic E-state index is 11.9. The Labute approximate surface area is 112 Å². The summed E-state index contributed by atoms with van der Waals surface area (Å²) in [4.78, 5) is 23.9. The number of nitro benzene ring substituents is 1. The molecule has 0 aliphatic rings. The van der Waals surface area contributed by atoms with Gasteiger partial charge in [0, 0.05) is 38.0 Å². The Morgan fingerprint density at radius 3 is 2.53 bits per heavy atom. The topological polar surface area (TPSA) is 72.7 Å². The molecule has 0 spiro atoms. The minimum atomic E-state index is -0.481. The normalized spacial score (nSPS) is 10.7. The Bertz CT molecular complexity index is 431. The molecule has 0 fully saturated rings. The van der Waals surface area contributed by atoms with Crippen molar-refractivity contribution in [2.45, 2.75) is 6.42 Å². The lowest BCUT2D eigenvalue weighted by Gasteiger charge is -2.15. The fourth-order valence-corrected chi connectivity index (χ4v) is 1.66. The quantitative estimate of drug-likeness (QED) is 0.310. The Hall–Kier alpha value is -1.79. The van der Waals surface area contributed by atoms with Crippen LogP contribution in [0, 0.1) is 10.1 Å². The number of ketones is 1. The predicted molar refractivity (Wildman–Crippen MR) is 71.4 cm³/mol. The number of nitro groups is 1. The molecule has 1 aromatic rings. The second-order valence-corrected chi connectivity index (χ2v) is 4.31. The van der Waals surface area contributed by atoms with E-state index in [1.54, 1.807) is 7.11 Å². The summed E-state index contributed by atoms with van der Waals surface area (Å²) >= 11 is 0. The standard InChI is InChI=1S/C13H18N2O4/c1-14(8-3-9-19-2)10-13(16)11-4-6-12(7-5-11)15(17)18/h4-7H,3,8-10H2,1-2H3. The zero-order valence-electron chi connectivity index (χ0n) is 11.2. The second kappa shape index (κ2) is 7.60. The van der Waals surface area contributed by atoms with E-state index in [0.717, 1.165) is 13.0 Å². The van der Waals surface area contributed by atoms with Crippen LogP contribution in [-0.4, -0.2) is 49.5 Å². The highest BCUT2D eigenvalue weighted by molar-refractivity contribution is 5.97. The van der Waals surface area contributed by atoms with Crippen molar-refractivity contribution >= 4 is 11.5 Å². The van der Waals surface area contributed by atoms with Crippen LogP contribution >= 0.6 is 0 Å². The van der Waals surface area contributed by atoms with E-state index in [-0.39, 0.29) is 11.5 Å². The molecular formula is C13H18N2O4. The highest BCUT2D eigenvalue weighted by atomic mass is 16.6. The SMILES string of the molecule is COCCCN(C)CC(=O)c1ccc([N+](=O)[O-])cc1. The van der Waals surface area contributed by atoms with E-state index in [2.05, 4.69) is 0 Å². The Kier molecular flexibility index (Phi) is 6.11. The number of ether oxygens (including phenoxy) is 1. The van der Waals surface area contributed by atoms with Gasteiger partial charge in [-0.05, 0) is 25.6 Å². The summed E-state index contributed by atoms with van der Waals surface area (Å²) in [5.41, 5.74) is 0.481. The van der Waals surface area contributed by atoms with Gasteiger partial charge in [0.1, 0.15) is 0 Å². The summed E-state index contributed by atoms with van der Waals surface area (Å²) < 4.78 is 4.94. The zero-order valence-corrected chi connectivity index (χ0v) is 11.2. The molecule has 0 heterocycles. The molecule has 104 valence electrons. The minimum absolute atomic E-state index is 0.00926. The van der Waals surface area contributed by atoms with E-state index in [9.17, 15) is 14.9 Å². The number of carbonyl (C=O) groups is 1. The van der Waals surface area contributed by atoms with E-state index in [1.165, 1.54) is 24.3 Å². The van der Waals surface area contributed by atoms with Gasteiger partial charge in [-0.15, -0.1) is 0 Å². The van der Waals surface area contributed by atoms with Crippen molar-refractivity contribution in [3.63, 3.8) is 0 Å². The zero-order chi connectivity index (χ0) is 14.3. The Balaban J connectivity index is 2.51. The lowest BCUT2D eigenvalue weighted by Crippen LogP contribution is -2.27. The number of carbonyl (C=O) groups excluding carboxylic acids is 1. The van der Waals surface area contributed by atoms with Crippen molar-refractivity contribution in [1.29, 1.82) is 0 Å². The molecule has 1 rings (SSSR count). The predicted octanol–water partition coefficient (Wildman–Crippen LogP) is 1.75. The first kappa shape index (κ1) is 15.3. The number of nitrogens with zero attached hydrogens (tertiary/aromatic N) is 2. The highest BCUT2D eigenvalue weighted by Crippen LogP contribution is 2.12. The third-order valence-corrected chi connectivity index (χ3v) is 2.70. The summed E-state index contributed by atoms with van der Waals surface area (Å²) in [6.07, 6.45) is 0.862. The van der Waals surface area contributed by atoms with Crippen molar-refractivity contribution in [3.8, 4) is 0 Å². The first-order chi connectivity index (χ1) is 9.04. The Morgan fingerprint density at radius 2 is 2.00 bits per heavy atom. The van der Waals surface area contributed by atoms with Crippen LogP contribution in [0.2, 0.25) is 0 Å². The maximum Gasteiger partial charge on any atom is 0.269 e. The van der Waals surface area contributed by atoms with Crippen LogP contribution in [0.4, 0.5) is 5.69 Å². The van der Waals surface area contributed by atoms with Gasteiger partial charge in [0.05, 0.1) is 11.5 Å². The third kappa shape index (κ3) is 5.15.